The molecule has 27 heavy (non-hydrogen) atoms. The molecule has 0 radical (unpaired) electrons. The van der Waals surface area contributed by atoms with Gasteiger partial charge in [-0.2, -0.15) is 0 Å². The van der Waals surface area contributed by atoms with Crippen LogP contribution >= 0.6 is 23.2 Å². The molecule has 2 aromatic heterocycles. The summed E-state index contributed by atoms with van der Waals surface area (Å²) in [7, 11) is 0. The molecular formula is C20H19Cl2N3O2. The molecule has 1 saturated carbocycles. The van der Waals surface area contributed by atoms with E-state index in [0.29, 0.717) is 33.9 Å². The highest BCUT2D eigenvalue weighted by Gasteiger charge is 2.26. The highest BCUT2D eigenvalue weighted by Crippen LogP contribution is 2.29. The van der Waals surface area contributed by atoms with Crippen LogP contribution in [0.2, 0.25) is 10.2 Å². The standard InChI is InChI=1S/C20H19Cl2N3O2/c21-15-9-16-14(8-13(15)7-12-5-6-19(22)23-10-12)20(27)25(11-24-16)17-3-1-2-4-18(17)26/h5-6,8-11,17-18,26H,1-4,7H2. The van der Waals surface area contributed by atoms with Gasteiger partial charge in [0.25, 0.3) is 5.56 Å². The number of pyridine rings is 1. The summed E-state index contributed by atoms with van der Waals surface area (Å²) in [6, 6.07) is 6.91. The SMILES string of the molecule is O=c1c2cc(Cc3ccc(Cl)nc3)c(Cl)cc2ncn1C1CCCCC1O. The monoisotopic (exact) mass is 403 g/mol. The summed E-state index contributed by atoms with van der Waals surface area (Å²) in [5.41, 5.74) is 2.20. The van der Waals surface area contributed by atoms with Gasteiger partial charge in [-0.05, 0) is 42.2 Å². The molecule has 1 aliphatic rings. The molecule has 4 rings (SSSR count). The van der Waals surface area contributed by atoms with Crippen LogP contribution in [0.4, 0.5) is 0 Å². The minimum Gasteiger partial charge on any atom is -0.391 e. The zero-order chi connectivity index (χ0) is 19.0. The lowest BCUT2D eigenvalue weighted by atomic mass is 9.92. The van der Waals surface area contributed by atoms with Crippen molar-refractivity contribution < 1.29 is 5.11 Å². The van der Waals surface area contributed by atoms with Gasteiger partial charge in [0, 0.05) is 17.6 Å². The number of fused-ring (bicyclic) bond motifs is 1. The molecule has 0 amide bonds. The fraction of sp³-hybridized carbons (Fsp3) is 0.350. The van der Waals surface area contributed by atoms with Gasteiger partial charge in [-0.3, -0.25) is 9.36 Å². The van der Waals surface area contributed by atoms with E-state index in [0.717, 1.165) is 30.4 Å². The van der Waals surface area contributed by atoms with E-state index in [2.05, 4.69) is 9.97 Å². The topological polar surface area (TPSA) is 68.0 Å². The number of rotatable bonds is 3. The lowest BCUT2D eigenvalue weighted by Gasteiger charge is -2.29. The maximum absolute atomic E-state index is 13.1. The van der Waals surface area contributed by atoms with E-state index in [4.69, 9.17) is 23.2 Å². The van der Waals surface area contributed by atoms with Crippen molar-refractivity contribution in [3.63, 3.8) is 0 Å². The first kappa shape index (κ1) is 18.4. The first-order valence-electron chi connectivity index (χ1n) is 9.00. The van der Waals surface area contributed by atoms with Gasteiger partial charge in [0.15, 0.2) is 0 Å². The second kappa shape index (κ2) is 7.58. The fourth-order valence-electron chi connectivity index (χ4n) is 3.72. The van der Waals surface area contributed by atoms with Crippen LogP contribution in [0, 0.1) is 0 Å². The van der Waals surface area contributed by atoms with E-state index in [9.17, 15) is 9.90 Å². The highest BCUT2D eigenvalue weighted by molar-refractivity contribution is 6.32. The Morgan fingerprint density at radius 2 is 1.96 bits per heavy atom. The third-order valence-corrected chi connectivity index (χ3v) is 5.76. The molecule has 2 atom stereocenters. The summed E-state index contributed by atoms with van der Waals surface area (Å²) >= 11 is 12.3. The second-order valence-corrected chi connectivity index (χ2v) is 7.80. The smallest absolute Gasteiger partial charge is 0.261 e. The maximum atomic E-state index is 13.1. The van der Waals surface area contributed by atoms with Crippen LogP contribution in [0.25, 0.3) is 10.9 Å². The maximum Gasteiger partial charge on any atom is 0.261 e. The number of aromatic nitrogens is 3. The van der Waals surface area contributed by atoms with Gasteiger partial charge in [-0.25, -0.2) is 9.97 Å². The van der Waals surface area contributed by atoms with E-state index < -0.39 is 6.10 Å². The molecule has 2 unspecified atom stereocenters. The van der Waals surface area contributed by atoms with Crippen LogP contribution in [-0.2, 0) is 6.42 Å². The average molecular weight is 404 g/mol. The van der Waals surface area contributed by atoms with Crippen molar-refractivity contribution in [2.24, 2.45) is 0 Å². The summed E-state index contributed by atoms with van der Waals surface area (Å²) in [5.74, 6) is 0. The van der Waals surface area contributed by atoms with Crippen molar-refractivity contribution in [1.82, 2.24) is 14.5 Å². The van der Waals surface area contributed by atoms with Gasteiger partial charge in [0.05, 0.1) is 29.4 Å². The van der Waals surface area contributed by atoms with Crippen LogP contribution in [0.5, 0.6) is 0 Å². The molecule has 140 valence electrons. The Morgan fingerprint density at radius 1 is 1.15 bits per heavy atom. The molecule has 1 fully saturated rings. The Balaban J connectivity index is 1.76. The first-order valence-corrected chi connectivity index (χ1v) is 9.76. The van der Waals surface area contributed by atoms with Crippen molar-refractivity contribution in [2.75, 3.05) is 0 Å². The van der Waals surface area contributed by atoms with E-state index in [1.807, 2.05) is 6.07 Å². The minimum absolute atomic E-state index is 0.141. The average Bonchev–Trinajstić information content (AvgIpc) is 2.66. The summed E-state index contributed by atoms with van der Waals surface area (Å²) in [6.07, 6.45) is 6.74. The third-order valence-electron chi connectivity index (χ3n) is 5.19. The van der Waals surface area contributed by atoms with Gasteiger partial charge in [-0.15, -0.1) is 0 Å². The van der Waals surface area contributed by atoms with Gasteiger partial charge in [0.1, 0.15) is 5.15 Å². The molecule has 0 aliphatic heterocycles. The number of hydrogen-bond acceptors (Lipinski definition) is 4. The normalized spacial score (nSPS) is 20.1. The molecular weight excluding hydrogens is 385 g/mol. The summed E-state index contributed by atoms with van der Waals surface area (Å²) in [5, 5.41) is 11.8. The van der Waals surface area contributed by atoms with Crippen molar-refractivity contribution >= 4 is 34.1 Å². The zero-order valence-electron chi connectivity index (χ0n) is 14.6. The minimum atomic E-state index is -0.511. The van der Waals surface area contributed by atoms with Crippen molar-refractivity contribution in [3.8, 4) is 0 Å². The van der Waals surface area contributed by atoms with Gasteiger partial charge in [0.2, 0.25) is 0 Å². The van der Waals surface area contributed by atoms with Crippen LogP contribution in [0.3, 0.4) is 0 Å². The quantitative estimate of drug-likeness (QED) is 0.666. The van der Waals surface area contributed by atoms with Gasteiger partial charge >= 0.3 is 0 Å². The number of aliphatic hydroxyl groups excluding tert-OH is 1. The summed E-state index contributed by atoms with van der Waals surface area (Å²) in [6.45, 7) is 0. The lowest BCUT2D eigenvalue weighted by Crippen LogP contribution is -2.34. The number of benzene rings is 1. The number of hydrogen-bond donors (Lipinski definition) is 1. The van der Waals surface area contributed by atoms with Gasteiger partial charge < -0.3 is 5.11 Å². The molecule has 0 spiro atoms. The van der Waals surface area contributed by atoms with E-state index in [-0.39, 0.29) is 11.6 Å². The number of nitrogens with zero attached hydrogens (tertiary/aromatic N) is 3. The van der Waals surface area contributed by atoms with Crippen LogP contribution < -0.4 is 5.56 Å². The van der Waals surface area contributed by atoms with Gasteiger partial charge in [-0.1, -0.05) is 42.1 Å². The Kier molecular flexibility index (Phi) is 5.17. The Bertz CT molecular complexity index is 1030. The third kappa shape index (κ3) is 3.72. The first-order chi connectivity index (χ1) is 13.0. The highest BCUT2D eigenvalue weighted by atomic mass is 35.5. The molecule has 0 bridgehead atoms. The fourth-order valence-corrected chi connectivity index (χ4v) is 4.06. The molecule has 5 nitrogen and oxygen atoms in total. The van der Waals surface area contributed by atoms with Crippen LogP contribution in [0.15, 0.2) is 41.6 Å². The van der Waals surface area contributed by atoms with E-state index in [1.54, 1.807) is 29.0 Å². The zero-order valence-corrected chi connectivity index (χ0v) is 16.1. The Labute approximate surface area is 166 Å². The predicted octanol–water partition coefficient (Wildman–Crippen LogP) is 4.17. The predicted molar refractivity (Wildman–Crippen MR) is 107 cm³/mol. The summed E-state index contributed by atoms with van der Waals surface area (Å²) < 4.78 is 1.58. The van der Waals surface area contributed by atoms with E-state index in [1.165, 1.54) is 6.33 Å². The molecule has 3 aromatic rings. The van der Waals surface area contributed by atoms with Crippen molar-refractivity contribution in [3.05, 3.63) is 68.4 Å². The number of halogens is 2. The van der Waals surface area contributed by atoms with Crippen LogP contribution in [0.1, 0.15) is 42.9 Å². The number of aliphatic hydroxyl groups is 1. The molecule has 7 heteroatoms. The summed E-state index contributed by atoms with van der Waals surface area (Å²) in [4.78, 5) is 21.6. The molecule has 1 aromatic carbocycles. The Morgan fingerprint density at radius 3 is 2.70 bits per heavy atom. The van der Waals surface area contributed by atoms with Crippen molar-refractivity contribution in [2.45, 2.75) is 44.2 Å². The largest absolute Gasteiger partial charge is 0.391 e. The Hall–Kier alpha value is -1.95. The second-order valence-electron chi connectivity index (χ2n) is 7.00. The molecule has 0 saturated heterocycles. The molecule has 1 aliphatic carbocycles. The molecule has 1 N–H and O–H groups in total. The van der Waals surface area contributed by atoms with Crippen LogP contribution in [-0.4, -0.2) is 25.7 Å². The van der Waals surface area contributed by atoms with E-state index >= 15 is 0 Å². The van der Waals surface area contributed by atoms with Crippen molar-refractivity contribution in [1.29, 1.82) is 0 Å². The lowest BCUT2D eigenvalue weighted by molar-refractivity contribution is 0.0735. The molecule has 2 heterocycles.